The first-order valence-electron chi connectivity index (χ1n) is 0.781. The van der Waals surface area contributed by atoms with Crippen LogP contribution in [0.2, 0.25) is 0 Å². The quantitative estimate of drug-likeness (QED) is 0.388. The molecule has 0 aromatic rings. The van der Waals surface area contributed by atoms with Crippen molar-refractivity contribution >= 4 is 9.45 Å². The van der Waals surface area contributed by atoms with Gasteiger partial charge in [-0.15, -0.1) is 0 Å². The van der Waals surface area contributed by atoms with Crippen LogP contribution in [-0.4, -0.2) is 9.45 Å². The predicted octanol–water partition coefficient (Wildman–Crippen LogP) is -0.883. The van der Waals surface area contributed by atoms with Crippen molar-refractivity contribution < 1.29 is 22.7 Å². The molecule has 0 fully saturated rings. The van der Waals surface area contributed by atoms with Gasteiger partial charge in [-0.05, 0) is 0 Å². The van der Waals surface area contributed by atoms with Gasteiger partial charge in [-0.1, -0.05) is 0 Å². The molecule has 0 saturated carbocycles. The molecular formula is B2OZr. The van der Waals surface area contributed by atoms with E-state index in [1.807, 2.05) is 0 Å². The van der Waals surface area contributed by atoms with E-state index in [4.69, 9.17) is 0 Å². The molecule has 1 nitrogen and oxygen atoms in total. The molecule has 0 saturated heterocycles. The van der Waals surface area contributed by atoms with E-state index in [0.29, 0.717) is 0 Å². The van der Waals surface area contributed by atoms with Gasteiger partial charge < -0.3 is 0 Å². The Balaban J connectivity index is 5.99. The van der Waals surface area contributed by atoms with Crippen molar-refractivity contribution in [2.45, 2.75) is 0 Å². The summed E-state index contributed by atoms with van der Waals surface area (Å²) in [7, 11) is 0. The average molecular weight is 129 g/mol. The number of rotatable bonds is 0. The summed E-state index contributed by atoms with van der Waals surface area (Å²) >= 11 is -2.79. The molecule has 0 atom stereocenters. The van der Waals surface area contributed by atoms with E-state index < -0.39 is 19.8 Å². The zero-order chi connectivity index (χ0) is 3.58. The minimum atomic E-state index is -2.79. The summed E-state index contributed by atoms with van der Waals surface area (Å²) in [5.41, 5.74) is 0. The van der Waals surface area contributed by atoms with Gasteiger partial charge in [0.15, 0.2) is 0 Å². The topological polar surface area (TPSA) is 17.1 Å². The maximum absolute atomic E-state index is 9.28. The van der Waals surface area contributed by atoms with Crippen molar-refractivity contribution in [3.05, 3.63) is 0 Å². The van der Waals surface area contributed by atoms with Gasteiger partial charge in [0.2, 0.25) is 0 Å². The average Bonchev–Trinajstić information content (AvgIpc) is 0.811. The zero-order valence-corrected chi connectivity index (χ0v) is 4.52. The van der Waals surface area contributed by atoms with Crippen molar-refractivity contribution in [1.82, 2.24) is 0 Å². The molecule has 0 amide bonds. The Labute approximate surface area is 32.3 Å². The second-order valence-corrected chi connectivity index (χ2v) is 2.38. The van der Waals surface area contributed by atoms with Gasteiger partial charge in [-0.25, -0.2) is 0 Å². The van der Waals surface area contributed by atoms with Gasteiger partial charge in [0.1, 0.15) is 0 Å². The first kappa shape index (κ1) is 4.81. The first-order valence-corrected chi connectivity index (χ1v) is 4.62. The molecular weight excluding hydrogens is 129 g/mol. The molecule has 0 N–H and O–H groups in total. The molecule has 4 heavy (non-hydrogen) atoms. The van der Waals surface area contributed by atoms with E-state index in [0.717, 1.165) is 0 Å². The Hall–Kier alpha value is 0.813. The van der Waals surface area contributed by atoms with Gasteiger partial charge in [0.25, 0.3) is 0 Å². The molecule has 0 aromatic heterocycles. The number of hydrogen-bond donors (Lipinski definition) is 0. The van der Waals surface area contributed by atoms with Crippen LogP contribution in [0.1, 0.15) is 0 Å². The summed E-state index contributed by atoms with van der Waals surface area (Å²) in [6.07, 6.45) is 0. The molecule has 0 bridgehead atoms. The van der Waals surface area contributed by atoms with Crippen molar-refractivity contribution in [1.29, 1.82) is 0 Å². The predicted molar refractivity (Wildman–Crippen MR) is 12.2 cm³/mol. The van der Waals surface area contributed by atoms with E-state index in [-0.39, 0.29) is 0 Å². The Kier molecular flexibility index (Phi) is 2.50. The van der Waals surface area contributed by atoms with Crippen LogP contribution in [0.25, 0.3) is 0 Å². The third kappa shape index (κ3) is 14.0. The van der Waals surface area contributed by atoms with Crippen LogP contribution in [-0.2, 0) is 22.7 Å². The van der Waals surface area contributed by atoms with Crippen LogP contribution in [0.4, 0.5) is 0 Å². The van der Waals surface area contributed by atoms with E-state index in [1.54, 1.807) is 0 Å². The van der Waals surface area contributed by atoms with E-state index in [1.165, 1.54) is 0 Å². The third-order valence-electron chi connectivity index (χ3n) is 0. The summed E-state index contributed by atoms with van der Waals surface area (Å²) in [6, 6.07) is 0. The van der Waals surface area contributed by atoms with Crippen LogP contribution in [0.5, 0.6) is 0 Å². The Bertz CT molecular complexity index is 188. The van der Waals surface area contributed by atoms with Crippen LogP contribution in [0.3, 0.4) is 0 Å². The van der Waals surface area contributed by atoms with E-state index in [9.17, 15) is 2.81 Å². The molecule has 0 spiro atoms. The van der Waals surface area contributed by atoms with Gasteiger partial charge in [0, 0.05) is 0 Å². The van der Waals surface area contributed by atoms with Gasteiger partial charge in [-0.3, -0.25) is 0 Å². The summed E-state index contributed by atoms with van der Waals surface area (Å²) in [4.78, 5) is 0. The van der Waals surface area contributed by atoms with Crippen LogP contribution >= 0.6 is 0 Å². The molecule has 0 unspecified atom stereocenters. The van der Waals surface area contributed by atoms with Gasteiger partial charge in [0.05, 0.1) is 0 Å². The molecule has 0 radical (unpaired) electrons. The molecule has 4 heteroatoms. The molecule has 0 aliphatic rings. The van der Waals surface area contributed by atoms with Crippen molar-refractivity contribution in [3.63, 3.8) is 0 Å². The second-order valence-electron chi connectivity index (χ2n) is 0.402. The van der Waals surface area contributed by atoms with Crippen molar-refractivity contribution in [2.24, 2.45) is 0 Å². The van der Waals surface area contributed by atoms with E-state index in [2.05, 4.69) is 9.45 Å². The van der Waals surface area contributed by atoms with Crippen molar-refractivity contribution in [3.8, 4) is 0 Å². The summed E-state index contributed by atoms with van der Waals surface area (Å²) in [6.45, 7) is 0. The summed E-state index contributed by atoms with van der Waals surface area (Å²) in [5.74, 6) is 0. The van der Waals surface area contributed by atoms with Gasteiger partial charge >= 0.3 is 32.1 Å². The Morgan fingerprint density at radius 3 is 1.50 bits per heavy atom. The van der Waals surface area contributed by atoms with Crippen LogP contribution in [0.15, 0.2) is 0 Å². The Morgan fingerprint density at radius 2 is 1.50 bits per heavy atom. The van der Waals surface area contributed by atoms with Crippen LogP contribution in [0, 0.1) is 0 Å². The fraction of sp³-hybridized carbons (Fsp3) is 0. The maximum atomic E-state index is 9.28. The molecule has 16 valence electrons. The second kappa shape index (κ2) is 2.08. The molecule has 0 aliphatic carbocycles. The molecule has 0 aliphatic heterocycles. The summed E-state index contributed by atoms with van der Waals surface area (Å²) in [5, 5.41) is 0. The minimum absolute atomic E-state index is 2.79. The monoisotopic (exact) mass is 128 g/mol. The standard InChI is InChI=1S/2B.O.Zr. The zero-order valence-electron chi connectivity index (χ0n) is 2.06. The summed E-state index contributed by atoms with van der Waals surface area (Å²) < 4.78 is 18.3. The molecule has 0 aromatic carbocycles. The van der Waals surface area contributed by atoms with Crippen LogP contribution < -0.4 is 0 Å². The Morgan fingerprint density at radius 1 is 1.50 bits per heavy atom. The first-order chi connectivity index (χ1) is 1.73. The molecule has 0 rings (SSSR count). The fourth-order valence-corrected chi connectivity index (χ4v) is 0. The van der Waals surface area contributed by atoms with E-state index >= 15 is 0 Å². The SMILES string of the molecule is [B]#[Zr](#[B])=[O]. The molecule has 0 heterocycles. The number of hydrogen-bond acceptors (Lipinski definition) is 1. The normalized spacial score (nSPS) is 11.5. The van der Waals surface area contributed by atoms with Gasteiger partial charge in [-0.2, -0.15) is 0 Å². The fourth-order valence-electron chi connectivity index (χ4n) is 0. The van der Waals surface area contributed by atoms with Crippen molar-refractivity contribution in [2.75, 3.05) is 0 Å². The third-order valence-corrected chi connectivity index (χ3v) is 0.